The van der Waals surface area contributed by atoms with E-state index in [0.29, 0.717) is 24.0 Å². The van der Waals surface area contributed by atoms with Crippen LogP contribution in [0.25, 0.3) is 0 Å². The summed E-state index contributed by atoms with van der Waals surface area (Å²) < 4.78 is 10.1. The molecule has 3 amide bonds. The second-order valence-electron chi connectivity index (χ2n) is 11.4. The van der Waals surface area contributed by atoms with Crippen molar-refractivity contribution in [3.05, 3.63) is 29.3 Å². The zero-order chi connectivity index (χ0) is 29.4. The molecule has 3 N–H and O–H groups in total. The smallest absolute Gasteiger partial charge is 0.408 e. The van der Waals surface area contributed by atoms with Gasteiger partial charge < -0.3 is 30.1 Å². The van der Waals surface area contributed by atoms with E-state index >= 15 is 0 Å². The molecule has 2 unspecified atom stereocenters. The van der Waals surface area contributed by atoms with Crippen LogP contribution in [0, 0.1) is 12.8 Å². The molecule has 10 nitrogen and oxygen atoms in total. The highest BCUT2D eigenvalue weighted by Gasteiger charge is 2.43. The number of aryl methyl sites for hydroxylation is 1. The number of hydrogen-bond donors (Lipinski definition) is 3. The monoisotopic (exact) mass is 535 g/mol. The molecule has 0 saturated heterocycles. The standard InChI is InChI=1S/C28H45N3O7/c1-11-28(8,9)31(25(35)20(14-17(2)3)30-26(36)38-27(5,6)7)23(24(34)29-16-22(33)37-10)19-12-13-21(32)18(4)15-19/h12-13,15,17,20,23,32H,11,14,16H2,1-10H3,(H,29,34)(H,30,36). The summed E-state index contributed by atoms with van der Waals surface area (Å²) in [6, 6.07) is 2.50. The van der Waals surface area contributed by atoms with E-state index < -0.39 is 47.1 Å². The lowest BCUT2D eigenvalue weighted by Crippen LogP contribution is -2.59. The van der Waals surface area contributed by atoms with E-state index in [9.17, 15) is 24.3 Å². The number of carbonyl (C=O) groups is 4. The van der Waals surface area contributed by atoms with Gasteiger partial charge in [-0.1, -0.05) is 26.8 Å². The first-order valence-corrected chi connectivity index (χ1v) is 12.9. The fourth-order valence-corrected chi connectivity index (χ4v) is 3.85. The van der Waals surface area contributed by atoms with Gasteiger partial charge in [0.1, 0.15) is 30.0 Å². The van der Waals surface area contributed by atoms with Crippen LogP contribution in [0.1, 0.15) is 85.4 Å². The molecule has 0 aliphatic heterocycles. The Kier molecular flexibility index (Phi) is 11.6. The van der Waals surface area contributed by atoms with Gasteiger partial charge in [-0.15, -0.1) is 0 Å². The first kappa shape index (κ1) is 32.7. The van der Waals surface area contributed by atoms with E-state index in [-0.39, 0.29) is 18.2 Å². The van der Waals surface area contributed by atoms with Crippen molar-refractivity contribution in [1.82, 2.24) is 15.5 Å². The van der Waals surface area contributed by atoms with Crippen LogP contribution in [0.4, 0.5) is 4.79 Å². The molecule has 0 spiro atoms. The van der Waals surface area contributed by atoms with Crippen LogP contribution in [-0.4, -0.2) is 64.7 Å². The van der Waals surface area contributed by atoms with Crippen LogP contribution in [0.5, 0.6) is 5.75 Å². The molecule has 1 aromatic carbocycles. The van der Waals surface area contributed by atoms with Crippen molar-refractivity contribution in [3.63, 3.8) is 0 Å². The van der Waals surface area contributed by atoms with Crippen molar-refractivity contribution in [2.24, 2.45) is 5.92 Å². The number of hydrogen-bond acceptors (Lipinski definition) is 7. The number of phenols is 1. The Labute approximate surface area is 226 Å². The number of nitrogens with zero attached hydrogens (tertiary/aromatic N) is 1. The fraction of sp³-hybridized carbons (Fsp3) is 0.643. The largest absolute Gasteiger partial charge is 0.508 e. The van der Waals surface area contributed by atoms with Gasteiger partial charge in [0.25, 0.3) is 0 Å². The Balaban J connectivity index is 3.68. The predicted molar refractivity (Wildman–Crippen MR) is 144 cm³/mol. The van der Waals surface area contributed by atoms with E-state index in [1.54, 1.807) is 39.8 Å². The third kappa shape index (κ3) is 9.54. The molecule has 0 fully saturated rings. The second kappa shape index (κ2) is 13.5. The summed E-state index contributed by atoms with van der Waals surface area (Å²) in [5, 5.41) is 15.4. The van der Waals surface area contributed by atoms with Gasteiger partial charge in [0, 0.05) is 5.54 Å². The van der Waals surface area contributed by atoms with Crippen LogP contribution in [0.3, 0.4) is 0 Å². The average Bonchev–Trinajstić information content (AvgIpc) is 2.80. The van der Waals surface area contributed by atoms with Gasteiger partial charge in [-0.3, -0.25) is 14.4 Å². The van der Waals surface area contributed by atoms with Gasteiger partial charge in [0.15, 0.2) is 0 Å². The molecule has 1 aromatic rings. The van der Waals surface area contributed by atoms with Crippen molar-refractivity contribution in [2.75, 3.05) is 13.7 Å². The fourth-order valence-electron chi connectivity index (χ4n) is 3.85. The van der Waals surface area contributed by atoms with E-state index in [4.69, 9.17) is 4.74 Å². The van der Waals surface area contributed by atoms with Gasteiger partial charge >= 0.3 is 12.1 Å². The summed E-state index contributed by atoms with van der Waals surface area (Å²) in [6.45, 7) is 15.9. The van der Waals surface area contributed by atoms with Gasteiger partial charge in [0.05, 0.1) is 7.11 Å². The lowest BCUT2D eigenvalue weighted by atomic mass is 9.90. The third-order valence-corrected chi connectivity index (χ3v) is 6.13. The van der Waals surface area contributed by atoms with Gasteiger partial charge in [-0.2, -0.15) is 0 Å². The Hall–Kier alpha value is -3.30. The van der Waals surface area contributed by atoms with E-state index in [2.05, 4.69) is 15.4 Å². The van der Waals surface area contributed by atoms with Crippen molar-refractivity contribution < 1.29 is 33.8 Å². The molecule has 0 bridgehead atoms. The van der Waals surface area contributed by atoms with Gasteiger partial charge in [0.2, 0.25) is 11.8 Å². The molecule has 1 rings (SSSR count). The molecule has 10 heteroatoms. The normalized spacial score (nSPS) is 13.3. The van der Waals surface area contributed by atoms with Gasteiger partial charge in [-0.05, 0) is 83.6 Å². The maximum atomic E-state index is 14.3. The number of carbonyl (C=O) groups excluding carboxylic acids is 4. The average molecular weight is 536 g/mol. The molecule has 214 valence electrons. The second-order valence-corrected chi connectivity index (χ2v) is 11.4. The Bertz CT molecular complexity index is 999. The Morgan fingerprint density at radius 1 is 1.08 bits per heavy atom. The van der Waals surface area contributed by atoms with Crippen molar-refractivity contribution in [1.29, 1.82) is 0 Å². The Morgan fingerprint density at radius 3 is 2.16 bits per heavy atom. The molecule has 0 radical (unpaired) electrons. The van der Waals surface area contributed by atoms with Crippen LogP contribution in [0.2, 0.25) is 0 Å². The predicted octanol–water partition coefficient (Wildman–Crippen LogP) is 3.99. The minimum Gasteiger partial charge on any atom is -0.508 e. The number of ether oxygens (including phenoxy) is 2. The SMILES string of the molecule is CCC(C)(C)N(C(=O)C(CC(C)C)NC(=O)OC(C)(C)C)C(C(=O)NCC(=O)OC)c1ccc(O)c(C)c1. The lowest BCUT2D eigenvalue weighted by Gasteiger charge is -2.44. The molecule has 0 aliphatic rings. The minimum absolute atomic E-state index is 0.0352. The maximum absolute atomic E-state index is 14.3. The van der Waals surface area contributed by atoms with Crippen LogP contribution in [0.15, 0.2) is 18.2 Å². The topological polar surface area (TPSA) is 134 Å². The summed E-state index contributed by atoms with van der Waals surface area (Å²) in [5.41, 5.74) is -0.655. The molecule has 0 saturated carbocycles. The molecule has 38 heavy (non-hydrogen) atoms. The number of phenolic OH excluding ortho intramolecular Hbond substituents is 1. The highest BCUT2D eigenvalue weighted by Crippen LogP contribution is 2.34. The molecule has 0 aliphatic carbocycles. The number of aromatic hydroxyl groups is 1. The Morgan fingerprint density at radius 2 is 1.68 bits per heavy atom. The maximum Gasteiger partial charge on any atom is 0.408 e. The van der Waals surface area contributed by atoms with Crippen LogP contribution in [-0.2, 0) is 23.9 Å². The highest BCUT2D eigenvalue weighted by molar-refractivity contribution is 5.93. The van der Waals surface area contributed by atoms with E-state index in [1.165, 1.54) is 18.1 Å². The lowest BCUT2D eigenvalue weighted by molar-refractivity contribution is -0.150. The molecular weight excluding hydrogens is 490 g/mol. The van der Waals surface area contributed by atoms with Crippen LogP contribution >= 0.6 is 0 Å². The molecule has 2 atom stereocenters. The number of amides is 3. The number of benzene rings is 1. The number of rotatable bonds is 11. The number of nitrogens with one attached hydrogen (secondary N) is 2. The number of esters is 1. The molecule has 0 heterocycles. The number of alkyl carbamates (subject to hydrolysis) is 1. The summed E-state index contributed by atoms with van der Waals surface area (Å²) in [4.78, 5) is 53.9. The molecular formula is C28H45N3O7. The third-order valence-electron chi connectivity index (χ3n) is 6.13. The first-order valence-electron chi connectivity index (χ1n) is 12.9. The van der Waals surface area contributed by atoms with Crippen LogP contribution < -0.4 is 10.6 Å². The van der Waals surface area contributed by atoms with Crippen molar-refractivity contribution >= 4 is 23.9 Å². The number of methoxy groups -OCH3 is 1. The summed E-state index contributed by atoms with van der Waals surface area (Å²) in [6.07, 6.45) is 0.0506. The highest BCUT2D eigenvalue weighted by atomic mass is 16.6. The summed E-state index contributed by atoms with van der Waals surface area (Å²) >= 11 is 0. The van der Waals surface area contributed by atoms with Crippen molar-refractivity contribution in [2.45, 2.75) is 98.4 Å². The zero-order valence-electron chi connectivity index (χ0n) is 24.4. The van der Waals surface area contributed by atoms with E-state index in [0.717, 1.165) is 0 Å². The summed E-state index contributed by atoms with van der Waals surface area (Å²) in [7, 11) is 1.21. The summed E-state index contributed by atoms with van der Waals surface area (Å²) in [5.74, 6) is -1.64. The zero-order valence-corrected chi connectivity index (χ0v) is 24.4. The first-order chi connectivity index (χ1) is 17.4. The van der Waals surface area contributed by atoms with E-state index in [1.807, 2.05) is 34.6 Å². The minimum atomic E-state index is -1.17. The van der Waals surface area contributed by atoms with Crippen molar-refractivity contribution in [3.8, 4) is 5.75 Å². The van der Waals surface area contributed by atoms with Gasteiger partial charge in [-0.25, -0.2) is 4.79 Å². The quantitative estimate of drug-likeness (QED) is 0.365. The molecule has 0 aromatic heterocycles.